The summed E-state index contributed by atoms with van der Waals surface area (Å²) in [5.41, 5.74) is 0.262. The van der Waals surface area contributed by atoms with Crippen LogP contribution in [0.5, 0.6) is 0 Å². The quantitative estimate of drug-likeness (QED) is 0.484. The van der Waals surface area contributed by atoms with Gasteiger partial charge in [-0.15, -0.1) is 0 Å². The van der Waals surface area contributed by atoms with Gasteiger partial charge < -0.3 is 5.32 Å². The average Bonchev–Trinajstić information content (AvgIpc) is 1.86. The van der Waals surface area contributed by atoms with Crippen LogP contribution >= 0.6 is 11.8 Å². The van der Waals surface area contributed by atoms with Gasteiger partial charge in [-0.1, -0.05) is 0 Å². The third kappa shape index (κ3) is 0.914. The molecule has 2 saturated heterocycles. The third-order valence-electron chi connectivity index (χ3n) is 2.00. The van der Waals surface area contributed by atoms with Crippen molar-refractivity contribution in [2.45, 2.75) is 5.54 Å². The first kappa shape index (κ1) is 6.49. The minimum absolute atomic E-state index is 0.127. The first-order chi connectivity index (χ1) is 4.81. The lowest BCUT2D eigenvalue weighted by molar-refractivity contribution is -0.122. The molecule has 2 fully saturated rings. The van der Waals surface area contributed by atoms with E-state index < -0.39 is 0 Å². The van der Waals surface area contributed by atoms with Crippen molar-refractivity contribution in [3.8, 4) is 0 Å². The molecule has 2 N–H and O–H groups in total. The highest BCUT2D eigenvalue weighted by Crippen LogP contribution is 2.29. The molecule has 10 heavy (non-hydrogen) atoms. The number of carbonyl (C=O) groups is 1. The van der Waals surface area contributed by atoms with Crippen molar-refractivity contribution in [2.24, 2.45) is 0 Å². The summed E-state index contributed by atoms with van der Waals surface area (Å²) >= 11 is 1.93. The fraction of sp³-hybridized carbons (Fsp3) is 0.833. The number of hydrogen-bond donors (Lipinski definition) is 2. The maximum absolute atomic E-state index is 10.7. The molecule has 2 heterocycles. The van der Waals surface area contributed by atoms with E-state index in [0.29, 0.717) is 6.54 Å². The van der Waals surface area contributed by atoms with E-state index >= 15 is 0 Å². The lowest BCUT2D eigenvalue weighted by atomic mass is 10.0. The fourth-order valence-electron chi connectivity index (χ4n) is 1.21. The van der Waals surface area contributed by atoms with Crippen LogP contribution in [0.4, 0.5) is 0 Å². The number of rotatable bonds is 0. The average molecular weight is 158 g/mol. The topological polar surface area (TPSA) is 41.1 Å². The fourth-order valence-corrected chi connectivity index (χ4v) is 2.32. The van der Waals surface area contributed by atoms with E-state index in [0.717, 1.165) is 18.1 Å². The van der Waals surface area contributed by atoms with Gasteiger partial charge in [-0.2, -0.15) is 11.8 Å². The molecule has 2 rings (SSSR count). The Morgan fingerprint density at radius 1 is 1.50 bits per heavy atom. The van der Waals surface area contributed by atoms with E-state index in [1.807, 2.05) is 11.8 Å². The summed E-state index contributed by atoms with van der Waals surface area (Å²) in [7, 11) is 0. The predicted molar refractivity (Wildman–Crippen MR) is 41.1 cm³/mol. The van der Waals surface area contributed by atoms with Crippen molar-refractivity contribution in [3.63, 3.8) is 0 Å². The zero-order chi connectivity index (χ0) is 7.03. The largest absolute Gasteiger partial charge is 0.353 e. The van der Waals surface area contributed by atoms with Crippen LogP contribution in [0, 0.1) is 0 Å². The summed E-state index contributed by atoms with van der Waals surface area (Å²) in [5.74, 6) is 2.42. The van der Waals surface area contributed by atoms with Gasteiger partial charge in [-0.3, -0.25) is 10.1 Å². The summed E-state index contributed by atoms with van der Waals surface area (Å²) in [5, 5.41) is 6.11. The monoisotopic (exact) mass is 158 g/mol. The Kier molecular flexibility index (Phi) is 1.38. The zero-order valence-corrected chi connectivity index (χ0v) is 6.46. The molecule has 0 aliphatic carbocycles. The predicted octanol–water partition coefficient (Wildman–Crippen LogP) is -0.809. The molecule has 0 aromatic heterocycles. The minimum atomic E-state index is 0.127. The number of hydrogen-bond acceptors (Lipinski definition) is 3. The van der Waals surface area contributed by atoms with Gasteiger partial charge in [0.05, 0.1) is 12.1 Å². The summed E-state index contributed by atoms with van der Waals surface area (Å²) in [4.78, 5) is 10.7. The molecule has 2 aliphatic heterocycles. The second-order valence-corrected chi connectivity index (χ2v) is 3.89. The Balaban J connectivity index is 1.96. The molecule has 2 aliphatic rings. The van der Waals surface area contributed by atoms with Crippen LogP contribution < -0.4 is 10.6 Å². The van der Waals surface area contributed by atoms with Gasteiger partial charge in [0.1, 0.15) is 0 Å². The molecule has 0 radical (unpaired) electrons. The van der Waals surface area contributed by atoms with E-state index in [4.69, 9.17) is 0 Å². The summed E-state index contributed by atoms with van der Waals surface area (Å²) in [6.45, 7) is 1.32. The highest BCUT2D eigenvalue weighted by atomic mass is 32.2. The summed E-state index contributed by atoms with van der Waals surface area (Å²) in [6, 6.07) is 0. The Morgan fingerprint density at radius 3 is 2.70 bits per heavy atom. The Bertz CT molecular complexity index is 155. The Hall–Kier alpha value is -0.220. The van der Waals surface area contributed by atoms with Crippen molar-refractivity contribution >= 4 is 17.7 Å². The Labute approximate surface area is 63.9 Å². The standard InChI is InChI=1S/C6H10N2OS/c9-5-1-8-6(2-7-5)3-10-4-6/h8H,1-4H2,(H,7,9). The second kappa shape index (κ2) is 2.13. The lowest BCUT2D eigenvalue weighted by Gasteiger charge is -2.44. The molecule has 0 aromatic rings. The van der Waals surface area contributed by atoms with E-state index in [1.54, 1.807) is 0 Å². The molecule has 1 spiro atoms. The lowest BCUT2D eigenvalue weighted by Crippen LogP contribution is -2.68. The number of amides is 1. The highest BCUT2D eigenvalue weighted by Gasteiger charge is 2.40. The van der Waals surface area contributed by atoms with Gasteiger partial charge in [-0.05, 0) is 0 Å². The van der Waals surface area contributed by atoms with Crippen LogP contribution in [0.25, 0.3) is 0 Å². The molecule has 4 heteroatoms. The smallest absolute Gasteiger partial charge is 0.234 e. The maximum atomic E-state index is 10.7. The molecule has 0 atom stereocenters. The molecule has 56 valence electrons. The number of piperazine rings is 1. The van der Waals surface area contributed by atoms with Crippen molar-refractivity contribution in [1.82, 2.24) is 10.6 Å². The van der Waals surface area contributed by atoms with Crippen LogP contribution in [0.2, 0.25) is 0 Å². The normalized spacial score (nSPS) is 29.4. The van der Waals surface area contributed by atoms with Gasteiger partial charge in [0, 0.05) is 18.1 Å². The SMILES string of the molecule is O=C1CNC2(CN1)CSC2. The highest BCUT2D eigenvalue weighted by molar-refractivity contribution is 8.00. The van der Waals surface area contributed by atoms with Gasteiger partial charge >= 0.3 is 0 Å². The maximum Gasteiger partial charge on any atom is 0.234 e. The molecular formula is C6H10N2OS. The molecular weight excluding hydrogens is 148 g/mol. The van der Waals surface area contributed by atoms with Crippen LogP contribution in [0.3, 0.4) is 0 Å². The second-order valence-electron chi connectivity index (χ2n) is 2.90. The number of carbonyl (C=O) groups excluding carboxylic acids is 1. The van der Waals surface area contributed by atoms with Gasteiger partial charge in [0.15, 0.2) is 0 Å². The van der Waals surface area contributed by atoms with Gasteiger partial charge in [0.25, 0.3) is 0 Å². The molecule has 1 amide bonds. The van der Waals surface area contributed by atoms with Crippen LogP contribution in [-0.2, 0) is 4.79 Å². The van der Waals surface area contributed by atoms with E-state index in [9.17, 15) is 4.79 Å². The number of nitrogens with one attached hydrogen (secondary N) is 2. The molecule has 0 aromatic carbocycles. The van der Waals surface area contributed by atoms with E-state index in [1.165, 1.54) is 0 Å². The van der Waals surface area contributed by atoms with Crippen molar-refractivity contribution < 1.29 is 4.79 Å². The molecule has 0 unspecified atom stereocenters. The summed E-state index contributed by atoms with van der Waals surface area (Å²) < 4.78 is 0. The minimum Gasteiger partial charge on any atom is -0.353 e. The van der Waals surface area contributed by atoms with E-state index in [-0.39, 0.29) is 11.4 Å². The first-order valence-electron chi connectivity index (χ1n) is 3.40. The molecule has 3 nitrogen and oxygen atoms in total. The summed E-state index contributed by atoms with van der Waals surface area (Å²) in [6.07, 6.45) is 0. The van der Waals surface area contributed by atoms with Crippen molar-refractivity contribution in [1.29, 1.82) is 0 Å². The molecule has 0 bridgehead atoms. The molecule has 0 saturated carbocycles. The van der Waals surface area contributed by atoms with Crippen molar-refractivity contribution in [3.05, 3.63) is 0 Å². The van der Waals surface area contributed by atoms with Crippen LogP contribution in [0.1, 0.15) is 0 Å². The van der Waals surface area contributed by atoms with Crippen LogP contribution in [0.15, 0.2) is 0 Å². The number of thioether (sulfide) groups is 1. The Morgan fingerprint density at radius 2 is 2.30 bits per heavy atom. The first-order valence-corrected chi connectivity index (χ1v) is 4.56. The zero-order valence-electron chi connectivity index (χ0n) is 5.64. The van der Waals surface area contributed by atoms with Gasteiger partial charge in [-0.25, -0.2) is 0 Å². The van der Waals surface area contributed by atoms with Gasteiger partial charge in [0.2, 0.25) is 5.91 Å². The van der Waals surface area contributed by atoms with E-state index in [2.05, 4.69) is 10.6 Å². The third-order valence-corrected chi connectivity index (χ3v) is 3.52. The van der Waals surface area contributed by atoms with Crippen molar-refractivity contribution in [2.75, 3.05) is 24.6 Å². The van der Waals surface area contributed by atoms with Crippen LogP contribution in [-0.4, -0.2) is 36.0 Å².